The quantitative estimate of drug-likeness (QED) is 0.776. The Kier molecular flexibility index (Phi) is 3.17. The van der Waals surface area contributed by atoms with E-state index >= 15 is 0 Å². The van der Waals surface area contributed by atoms with Gasteiger partial charge >= 0.3 is 5.97 Å². The van der Waals surface area contributed by atoms with Crippen molar-refractivity contribution in [2.24, 2.45) is 0 Å². The number of nitrogens with one attached hydrogen (secondary N) is 1. The molecule has 1 aromatic carbocycles. The van der Waals surface area contributed by atoms with Crippen molar-refractivity contribution in [3.63, 3.8) is 0 Å². The lowest BCUT2D eigenvalue weighted by molar-refractivity contribution is 0.0698. The maximum atomic E-state index is 13.5. The fourth-order valence-corrected chi connectivity index (χ4v) is 2.86. The van der Waals surface area contributed by atoms with Gasteiger partial charge in [-0.3, -0.25) is 0 Å². The van der Waals surface area contributed by atoms with Crippen LogP contribution in [0.4, 0.5) is 4.39 Å². The third-order valence-electron chi connectivity index (χ3n) is 3.06. The highest BCUT2D eigenvalue weighted by atomic mass is 32.1. The normalized spacial score (nSPS) is 11.4. The van der Waals surface area contributed by atoms with Crippen LogP contribution in [0.5, 0.6) is 0 Å². The minimum atomic E-state index is -1.22. The molecule has 21 heavy (non-hydrogen) atoms. The third-order valence-corrected chi connectivity index (χ3v) is 3.81. The van der Waals surface area contributed by atoms with E-state index in [0.717, 1.165) is 16.6 Å². The number of nitrogens with zero attached hydrogens (tertiary/aromatic N) is 3. The van der Waals surface area contributed by atoms with E-state index in [1.165, 1.54) is 17.6 Å². The molecule has 0 radical (unpaired) electrons. The van der Waals surface area contributed by atoms with Crippen molar-refractivity contribution in [2.45, 2.75) is 19.8 Å². The molecule has 2 heterocycles. The molecular formula is C13H11FN4O2S. The average Bonchev–Trinajstić information content (AvgIpc) is 3.02. The highest BCUT2D eigenvalue weighted by molar-refractivity contribution is 7.09. The standard InChI is InChI=1S/C13H11FN4O2S/c1-5(2)9-11(21-18-17-9)12-15-8-4-6(14)3-7(13(19)20)10(8)16-12/h3-5H,1-2H3,(H,15,16)(H,19,20). The van der Waals surface area contributed by atoms with Crippen molar-refractivity contribution in [2.75, 3.05) is 0 Å². The minimum Gasteiger partial charge on any atom is -0.478 e. The zero-order valence-electron chi connectivity index (χ0n) is 11.2. The largest absolute Gasteiger partial charge is 0.478 e. The van der Waals surface area contributed by atoms with E-state index in [-0.39, 0.29) is 17.0 Å². The van der Waals surface area contributed by atoms with E-state index in [1.807, 2.05) is 13.8 Å². The topological polar surface area (TPSA) is 91.8 Å². The Labute approximate surface area is 122 Å². The first-order valence-corrected chi connectivity index (χ1v) is 7.00. The predicted octanol–water partition coefficient (Wildman–Crippen LogP) is 3.04. The summed E-state index contributed by atoms with van der Waals surface area (Å²) in [6, 6.07) is 2.19. The number of carboxylic acid groups (broad SMARTS) is 1. The van der Waals surface area contributed by atoms with Gasteiger partial charge in [-0.1, -0.05) is 18.3 Å². The molecule has 0 saturated carbocycles. The van der Waals surface area contributed by atoms with Crippen LogP contribution in [0.2, 0.25) is 0 Å². The van der Waals surface area contributed by atoms with Crippen LogP contribution in [0.1, 0.15) is 35.8 Å². The summed E-state index contributed by atoms with van der Waals surface area (Å²) >= 11 is 1.17. The van der Waals surface area contributed by atoms with Crippen molar-refractivity contribution in [3.05, 3.63) is 29.2 Å². The molecule has 0 spiro atoms. The zero-order chi connectivity index (χ0) is 15.1. The molecule has 2 N–H and O–H groups in total. The van der Waals surface area contributed by atoms with Gasteiger partial charge in [0.05, 0.1) is 16.8 Å². The molecule has 0 amide bonds. The number of carboxylic acids is 1. The second kappa shape index (κ2) is 4.88. The van der Waals surface area contributed by atoms with Crippen LogP contribution < -0.4 is 0 Å². The average molecular weight is 306 g/mol. The second-order valence-electron chi connectivity index (χ2n) is 4.88. The van der Waals surface area contributed by atoms with E-state index < -0.39 is 11.8 Å². The minimum absolute atomic E-state index is 0.155. The first-order chi connectivity index (χ1) is 9.97. The Balaban J connectivity index is 2.24. The third kappa shape index (κ3) is 2.27. The lowest BCUT2D eigenvalue weighted by atomic mass is 10.1. The predicted molar refractivity (Wildman–Crippen MR) is 76.0 cm³/mol. The van der Waals surface area contributed by atoms with E-state index in [1.54, 1.807) is 0 Å². The maximum Gasteiger partial charge on any atom is 0.338 e. The monoisotopic (exact) mass is 306 g/mol. The molecule has 8 heteroatoms. The number of carbonyl (C=O) groups is 1. The van der Waals surface area contributed by atoms with E-state index in [9.17, 15) is 9.18 Å². The molecule has 2 aromatic heterocycles. The molecule has 0 fully saturated rings. The highest BCUT2D eigenvalue weighted by Gasteiger charge is 2.20. The zero-order valence-corrected chi connectivity index (χ0v) is 12.0. The van der Waals surface area contributed by atoms with Gasteiger partial charge in [0.2, 0.25) is 0 Å². The van der Waals surface area contributed by atoms with Gasteiger partial charge in [-0.2, -0.15) is 0 Å². The fourth-order valence-electron chi connectivity index (χ4n) is 2.09. The summed E-state index contributed by atoms with van der Waals surface area (Å²) < 4.78 is 17.4. The molecule has 0 unspecified atom stereocenters. The van der Waals surface area contributed by atoms with Crippen LogP contribution in [-0.4, -0.2) is 30.6 Å². The van der Waals surface area contributed by atoms with Gasteiger partial charge in [0.1, 0.15) is 16.2 Å². The number of hydrogen-bond donors (Lipinski definition) is 2. The summed E-state index contributed by atoms with van der Waals surface area (Å²) in [5.74, 6) is -1.23. The second-order valence-corrected chi connectivity index (χ2v) is 5.64. The van der Waals surface area contributed by atoms with Crippen LogP contribution in [0, 0.1) is 5.82 Å². The Bertz CT molecular complexity index is 840. The number of benzene rings is 1. The van der Waals surface area contributed by atoms with Gasteiger partial charge in [-0.25, -0.2) is 14.2 Å². The molecule has 6 nitrogen and oxygen atoms in total. The van der Waals surface area contributed by atoms with E-state index in [2.05, 4.69) is 19.6 Å². The molecule has 0 aliphatic carbocycles. The number of H-pyrrole nitrogens is 1. The first-order valence-electron chi connectivity index (χ1n) is 6.22. The van der Waals surface area contributed by atoms with Crippen molar-refractivity contribution < 1.29 is 14.3 Å². The van der Waals surface area contributed by atoms with E-state index in [0.29, 0.717) is 11.3 Å². The number of halogens is 1. The molecular weight excluding hydrogens is 295 g/mol. The van der Waals surface area contributed by atoms with Gasteiger partial charge in [0.25, 0.3) is 0 Å². The fraction of sp³-hybridized carbons (Fsp3) is 0.231. The van der Waals surface area contributed by atoms with Gasteiger partial charge in [-0.15, -0.1) is 5.10 Å². The summed E-state index contributed by atoms with van der Waals surface area (Å²) in [5.41, 5.74) is 1.17. The lowest BCUT2D eigenvalue weighted by Gasteiger charge is -2.00. The van der Waals surface area contributed by atoms with Crippen LogP contribution in [0.25, 0.3) is 21.7 Å². The molecule has 3 aromatic rings. The van der Waals surface area contributed by atoms with Crippen LogP contribution in [0.3, 0.4) is 0 Å². The van der Waals surface area contributed by atoms with Crippen molar-refractivity contribution in [3.8, 4) is 10.7 Å². The van der Waals surface area contributed by atoms with Crippen LogP contribution in [-0.2, 0) is 0 Å². The Morgan fingerprint density at radius 3 is 2.86 bits per heavy atom. The smallest absolute Gasteiger partial charge is 0.338 e. The van der Waals surface area contributed by atoms with Gasteiger partial charge in [0.15, 0.2) is 5.82 Å². The van der Waals surface area contributed by atoms with Gasteiger partial charge in [-0.05, 0) is 29.6 Å². The van der Waals surface area contributed by atoms with Gasteiger partial charge in [0, 0.05) is 0 Å². The van der Waals surface area contributed by atoms with Crippen LogP contribution in [0.15, 0.2) is 12.1 Å². The molecule has 108 valence electrons. The number of hydrogen-bond acceptors (Lipinski definition) is 5. The molecule has 0 atom stereocenters. The van der Waals surface area contributed by atoms with E-state index in [4.69, 9.17) is 5.11 Å². The van der Waals surface area contributed by atoms with Crippen molar-refractivity contribution >= 4 is 28.5 Å². The number of fused-ring (bicyclic) bond motifs is 1. The van der Waals surface area contributed by atoms with Crippen molar-refractivity contribution in [1.29, 1.82) is 0 Å². The molecule has 0 saturated heterocycles. The summed E-state index contributed by atoms with van der Waals surface area (Å²) in [4.78, 5) is 19.2. The van der Waals surface area contributed by atoms with Crippen molar-refractivity contribution in [1.82, 2.24) is 19.6 Å². The number of imidazole rings is 1. The summed E-state index contributed by atoms with van der Waals surface area (Å²) in [7, 11) is 0. The number of rotatable bonds is 3. The lowest BCUT2D eigenvalue weighted by Crippen LogP contribution is -1.98. The number of aromatic carboxylic acids is 1. The number of aromatic nitrogens is 4. The maximum absolute atomic E-state index is 13.5. The summed E-state index contributed by atoms with van der Waals surface area (Å²) in [6.45, 7) is 3.95. The molecule has 3 rings (SSSR count). The molecule has 0 aliphatic rings. The highest BCUT2D eigenvalue weighted by Crippen LogP contribution is 2.31. The van der Waals surface area contributed by atoms with Gasteiger partial charge < -0.3 is 10.1 Å². The Morgan fingerprint density at radius 1 is 1.43 bits per heavy atom. The Hall–Kier alpha value is -2.35. The first kappa shape index (κ1) is 13.6. The summed E-state index contributed by atoms with van der Waals surface area (Å²) in [6.07, 6.45) is 0. The molecule has 0 aliphatic heterocycles. The number of aromatic amines is 1. The van der Waals surface area contributed by atoms with Crippen LogP contribution >= 0.6 is 11.5 Å². The SMILES string of the molecule is CC(C)c1nnsc1-c1nc2c(C(=O)O)cc(F)cc2[nH]1. The Morgan fingerprint density at radius 2 is 2.19 bits per heavy atom. The summed E-state index contributed by atoms with van der Waals surface area (Å²) in [5, 5.41) is 13.2. The molecule has 0 bridgehead atoms.